The van der Waals surface area contributed by atoms with Crippen LogP contribution in [0.3, 0.4) is 0 Å². The van der Waals surface area contributed by atoms with Crippen molar-refractivity contribution in [2.75, 3.05) is 13.2 Å². The van der Waals surface area contributed by atoms with Crippen LogP contribution in [0.1, 0.15) is 57.7 Å². The van der Waals surface area contributed by atoms with Crippen molar-refractivity contribution >= 4 is 22.5 Å². The molecule has 33 heavy (non-hydrogen) atoms. The number of imidazole rings is 1. The van der Waals surface area contributed by atoms with Gasteiger partial charge in [0.2, 0.25) is 0 Å². The lowest BCUT2D eigenvalue weighted by Crippen LogP contribution is -2.22. The average molecular weight is 448 g/mol. The van der Waals surface area contributed by atoms with Gasteiger partial charge in [0.25, 0.3) is 11.5 Å². The van der Waals surface area contributed by atoms with Gasteiger partial charge in [0.05, 0.1) is 36.4 Å². The fourth-order valence-corrected chi connectivity index (χ4v) is 5.65. The molecule has 7 rings (SSSR count). The number of fused-ring (bicyclic) bond motifs is 8. The zero-order valence-corrected chi connectivity index (χ0v) is 17.4. The van der Waals surface area contributed by atoms with E-state index in [0.717, 1.165) is 30.8 Å². The van der Waals surface area contributed by atoms with E-state index >= 15 is 0 Å². The number of aromatic nitrogens is 3. The number of halogens is 2. The van der Waals surface area contributed by atoms with Crippen molar-refractivity contribution in [3.05, 3.63) is 80.5 Å². The first kappa shape index (κ1) is 18.9. The largest absolute Gasteiger partial charge is 0.381 e. The molecule has 3 aliphatic heterocycles. The Morgan fingerprint density at radius 1 is 1.12 bits per heavy atom. The minimum Gasteiger partial charge on any atom is -0.381 e. The highest BCUT2D eigenvalue weighted by molar-refractivity contribution is 6.03. The molecule has 0 radical (unpaired) electrons. The normalized spacial score (nSPS) is 21.6. The average Bonchev–Trinajstić information content (AvgIpc) is 3.50. The summed E-state index contributed by atoms with van der Waals surface area (Å²) in [6.45, 7) is 1.23. The minimum absolute atomic E-state index is 0.00905. The number of hydrogen-bond donors (Lipinski definition) is 1. The van der Waals surface area contributed by atoms with Crippen molar-refractivity contribution in [1.29, 1.82) is 0 Å². The van der Waals surface area contributed by atoms with Gasteiger partial charge in [0, 0.05) is 29.2 Å². The predicted molar refractivity (Wildman–Crippen MR) is 114 cm³/mol. The highest BCUT2D eigenvalue weighted by Gasteiger charge is 2.46. The van der Waals surface area contributed by atoms with Crippen LogP contribution >= 0.6 is 0 Å². The third-order valence-electron chi connectivity index (χ3n) is 7.15. The quantitative estimate of drug-likeness (QED) is 0.484. The molecule has 0 saturated carbocycles. The number of aromatic amines is 1. The molecule has 1 N–H and O–H groups in total. The third-order valence-corrected chi connectivity index (χ3v) is 7.15. The molecule has 2 aromatic carbocycles. The van der Waals surface area contributed by atoms with Gasteiger partial charge < -0.3 is 14.6 Å². The van der Waals surface area contributed by atoms with Gasteiger partial charge in [-0.2, -0.15) is 0 Å². The molecule has 2 aromatic heterocycles. The molecule has 0 aliphatic carbocycles. The number of hydrogen-bond acceptors (Lipinski definition) is 4. The van der Waals surface area contributed by atoms with Gasteiger partial charge in [-0.25, -0.2) is 13.8 Å². The van der Waals surface area contributed by atoms with Gasteiger partial charge in [-0.15, -0.1) is 0 Å². The summed E-state index contributed by atoms with van der Waals surface area (Å²) >= 11 is 0. The van der Waals surface area contributed by atoms with Crippen molar-refractivity contribution in [2.24, 2.45) is 0 Å². The van der Waals surface area contributed by atoms with Crippen LogP contribution in [-0.2, 0) is 11.3 Å². The van der Waals surface area contributed by atoms with Gasteiger partial charge >= 0.3 is 0 Å². The van der Waals surface area contributed by atoms with E-state index in [-0.39, 0.29) is 35.1 Å². The standard InChI is InChI=1S/C24H18F2N4O3/c25-15-3-4-16(26)20-14(15)9-29-21(20)12-7-18-17(6-13(12)24(29)32)28-23(31)19-8-27-22(30(18)19)11-2-1-5-33-10-11/h3-4,6-8,11,21H,1-2,5,9-10H2,(H,28,31). The molecule has 1 fully saturated rings. The highest BCUT2D eigenvalue weighted by atomic mass is 19.1. The van der Waals surface area contributed by atoms with Crippen LogP contribution in [0.15, 0.2) is 35.3 Å². The first-order valence-electron chi connectivity index (χ1n) is 11.0. The lowest BCUT2D eigenvalue weighted by Gasteiger charge is -2.21. The van der Waals surface area contributed by atoms with E-state index < -0.39 is 17.7 Å². The zero-order chi connectivity index (χ0) is 22.4. The number of H-pyrrole nitrogens is 1. The molecule has 9 heteroatoms. The van der Waals surface area contributed by atoms with E-state index in [0.29, 0.717) is 40.9 Å². The first-order valence-corrected chi connectivity index (χ1v) is 11.0. The Morgan fingerprint density at radius 2 is 1.97 bits per heavy atom. The van der Waals surface area contributed by atoms with Gasteiger partial charge in [0.15, 0.2) is 0 Å². The van der Waals surface area contributed by atoms with Crippen molar-refractivity contribution in [1.82, 2.24) is 19.3 Å². The summed E-state index contributed by atoms with van der Waals surface area (Å²) in [5.74, 6) is -0.590. The summed E-state index contributed by atoms with van der Waals surface area (Å²) in [6, 6.07) is 4.96. The van der Waals surface area contributed by atoms with E-state index in [1.807, 2.05) is 10.5 Å². The second kappa shape index (κ2) is 6.48. The lowest BCUT2D eigenvalue weighted by molar-refractivity contribution is 0.0757. The van der Waals surface area contributed by atoms with E-state index in [2.05, 4.69) is 9.97 Å². The maximum Gasteiger partial charge on any atom is 0.274 e. The monoisotopic (exact) mass is 448 g/mol. The molecular weight excluding hydrogens is 430 g/mol. The van der Waals surface area contributed by atoms with E-state index in [4.69, 9.17) is 4.74 Å². The molecule has 3 aliphatic rings. The fraction of sp³-hybridized carbons (Fsp3) is 0.292. The second-order valence-electron chi connectivity index (χ2n) is 8.92. The van der Waals surface area contributed by atoms with Crippen molar-refractivity contribution in [3.8, 4) is 0 Å². The Kier molecular flexibility index (Phi) is 3.72. The van der Waals surface area contributed by atoms with Crippen LogP contribution in [0.4, 0.5) is 8.78 Å². The summed E-state index contributed by atoms with van der Waals surface area (Å²) in [7, 11) is 0. The van der Waals surface area contributed by atoms with Gasteiger partial charge in [-0.1, -0.05) is 0 Å². The van der Waals surface area contributed by atoms with Gasteiger partial charge in [-0.3, -0.25) is 14.0 Å². The van der Waals surface area contributed by atoms with Gasteiger partial charge in [-0.05, 0) is 42.7 Å². The molecule has 4 aromatic rings. The summed E-state index contributed by atoms with van der Waals surface area (Å²) in [4.78, 5) is 34.8. The molecule has 0 bridgehead atoms. The first-order chi connectivity index (χ1) is 16.0. The number of nitrogens with one attached hydrogen (secondary N) is 1. The number of ether oxygens (including phenoxy) is 1. The highest BCUT2D eigenvalue weighted by Crippen LogP contribution is 2.48. The molecule has 2 atom stereocenters. The third kappa shape index (κ3) is 2.42. The number of amides is 1. The van der Waals surface area contributed by atoms with Crippen molar-refractivity contribution in [3.63, 3.8) is 0 Å². The molecule has 1 amide bonds. The van der Waals surface area contributed by atoms with Crippen LogP contribution in [0.5, 0.6) is 0 Å². The summed E-state index contributed by atoms with van der Waals surface area (Å²) < 4.78 is 36.7. The lowest BCUT2D eigenvalue weighted by atomic mass is 9.95. The number of rotatable bonds is 1. The smallest absolute Gasteiger partial charge is 0.274 e. The number of benzene rings is 2. The van der Waals surface area contributed by atoms with E-state index in [9.17, 15) is 18.4 Å². The maximum absolute atomic E-state index is 14.8. The SMILES string of the molecule is O=C1c2cc3[nH]c(=O)c4cnc(C5CCCOC5)n4c3cc2C2c3c(F)ccc(F)c3CN12. The second-order valence-corrected chi connectivity index (χ2v) is 8.92. The van der Waals surface area contributed by atoms with Gasteiger partial charge in [0.1, 0.15) is 23.0 Å². The topological polar surface area (TPSA) is 79.7 Å². The Balaban J connectivity index is 1.51. The Bertz CT molecular complexity index is 1570. The summed E-state index contributed by atoms with van der Waals surface area (Å²) in [5.41, 5.74) is 2.67. The zero-order valence-electron chi connectivity index (χ0n) is 17.4. The molecule has 166 valence electrons. The number of carbonyl (C=O) groups excluding carboxylic acids is 1. The molecule has 2 unspecified atom stereocenters. The molecular formula is C24H18F2N4O3. The predicted octanol–water partition coefficient (Wildman–Crippen LogP) is 3.41. The maximum atomic E-state index is 14.8. The minimum atomic E-state index is -0.699. The van der Waals surface area contributed by atoms with Crippen LogP contribution in [0.25, 0.3) is 16.6 Å². The van der Waals surface area contributed by atoms with Crippen LogP contribution < -0.4 is 5.56 Å². The number of nitrogens with zero attached hydrogens (tertiary/aromatic N) is 3. The number of carbonyl (C=O) groups is 1. The molecule has 1 saturated heterocycles. The molecule has 5 heterocycles. The van der Waals surface area contributed by atoms with Crippen LogP contribution in [0, 0.1) is 11.6 Å². The van der Waals surface area contributed by atoms with Crippen LogP contribution in [-0.4, -0.2) is 38.4 Å². The van der Waals surface area contributed by atoms with E-state index in [1.54, 1.807) is 12.3 Å². The van der Waals surface area contributed by atoms with Crippen molar-refractivity contribution < 1.29 is 18.3 Å². The Morgan fingerprint density at radius 3 is 2.79 bits per heavy atom. The Labute approximate surface area is 185 Å². The Hall–Kier alpha value is -3.59. The summed E-state index contributed by atoms with van der Waals surface area (Å²) in [5, 5.41) is 0. The van der Waals surface area contributed by atoms with Crippen LogP contribution in [0.2, 0.25) is 0 Å². The summed E-state index contributed by atoms with van der Waals surface area (Å²) in [6.07, 6.45) is 3.35. The van der Waals surface area contributed by atoms with Crippen molar-refractivity contribution in [2.45, 2.75) is 31.3 Å². The molecule has 7 nitrogen and oxygen atoms in total. The fourth-order valence-electron chi connectivity index (χ4n) is 5.65. The van der Waals surface area contributed by atoms with E-state index in [1.165, 1.54) is 4.90 Å². The molecule has 0 spiro atoms.